The molecule has 0 aliphatic rings. The second kappa shape index (κ2) is 3.27. The molecule has 0 heterocycles. The third-order valence-corrected chi connectivity index (χ3v) is 1.28. The zero-order chi connectivity index (χ0) is 7.40. The lowest BCUT2D eigenvalue weighted by molar-refractivity contribution is -0.387. The molecule has 1 rings (SSSR count). The highest BCUT2D eigenvalue weighted by Gasteiger charge is 1.94. The molecule has 0 bridgehead atoms. The Hall–Kier alpha value is -0.960. The molecule has 0 aromatic heterocycles. The Labute approximate surface area is 65.0 Å². The van der Waals surface area contributed by atoms with Gasteiger partial charge in [-0.3, -0.25) is 0 Å². The molecular weight excluding hydrogens is 146 g/mol. The first-order valence-corrected chi connectivity index (χ1v) is 3.31. The van der Waals surface area contributed by atoms with Gasteiger partial charge in [-0.15, -0.1) is 0 Å². The minimum atomic E-state index is 0.288. The Morgan fingerprint density at radius 3 is 2.40 bits per heavy atom. The van der Waals surface area contributed by atoms with E-state index in [0.29, 0.717) is 4.17 Å². The molecule has 0 saturated carbocycles. The molecule has 0 unspecified atom stereocenters. The summed E-state index contributed by atoms with van der Waals surface area (Å²) in [5, 5.41) is 0. The summed E-state index contributed by atoms with van der Waals surface area (Å²) in [5.41, 5.74) is 0.951. The summed E-state index contributed by atoms with van der Waals surface area (Å²) in [6.45, 7) is 0.288. The summed E-state index contributed by atoms with van der Waals surface area (Å²) in [4.78, 5) is 10.3. The molecule has 0 atom stereocenters. The van der Waals surface area contributed by atoms with Crippen LogP contribution in [0.25, 0.3) is 0 Å². The lowest BCUT2D eigenvalue weighted by Gasteiger charge is -1.93. The zero-order valence-corrected chi connectivity index (χ0v) is 6.17. The monoisotopic (exact) mass is 153 g/mol. The Morgan fingerprint density at radius 2 is 1.90 bits per heavy atom. The number of rotatable bonds is 2. The second-order valence-electron chi connectivity index (χ2n) is 1.98. The van der Waals surface area contributed by atoms with Gasteiger partial charge >= 0.3 is 0 Å². The van der Waals surface area contributed by atoms with E-state index in [1.807, 2.05) is 30.3 Å². The van der Waals surface area contributed by atoms with E-state index in [1.165, 1.54) is 0 Å². The number of benzene rings is 1. The van der Waals surface area contributed by atoms with E-state index >= 15 is 0 Å². The van der Waals surface area contributed by atoms with Crippen LogP contribution in [0.3, 0.4) is 0 Å². The lowest BCUT2D eigenvalue weighted by atomic mass is 10.2. The van der Waals surface area contributed by atoms with Crippen LogP contribution in [0.1, 0.15) is 5.56 Å². The van der Waals surface area contributed by atoms with Gasteiger partial charge in [0, 0.05) is 10.5 Å². The fraction of sp³-hybridized carbons (Fsp3) is 0.143. The number of hydrogen-bond donors (Lipinski definition) is 0. The standard InChI is InChI=1S/C7H7NOS/c9-8(10)6-7-4-2-1-3-5-7/h1-5H,6H2. The molecule has 0 aliphatic carbocycles. The van der Waals surface area contributed by atoms with Crippen LogP contribution in [-0.2, 0) is 19.4 Å². The first-order valence-electron chi connectivity index (χ1n) is 2.95. The van der Waals surface area contributed by atoms with Gasteiger partial charge in [-0.1, -0.05) is 34.5 Å². The molecule has 1 aromatic rings. The van der Waals surface area contributed by atoms with Crippen molar-refractivity contribution in [2.24, 2.45) is 0 Å². The van der Waals surface area contributed by atoms with Gasteiger partial charge in [0.2, 0.25) is 0 Å². The molecule has 0 radical (unpaired) electrons. The highest BCUT2D eigenvalue weighted by atomic mass is 32.1. The summed E-state index contributed by atoms with van der Waals surface area (Å²) in [6, 6.07) is 9.42. The van der Waals surface area contributed by atoms with Crippen molar-refractivity contribution in [1.82, 2.24) is 0 Å². The van der Waals surface area contributed by atoms with Crippen molar-refractivity contribution in [3.8, 4) is 0 Å². The van der Waals surface area contributed by atoms with Crippen molar-refractivity contribution >= 4 is 12.8 Å². The molecule has 3 heteroatoms. The quantitative estimate of drug-likeness (QED) is 0.473. The maximum absolute atomic E-state index is 10.3. The Morgan fingerprint density at radius 1 is 1.30 bits per heavy atom. The van der Waals surface area contributed by atoms with Gasteiger partial charge in [-0.2, -0.15) is 0 Å². The SMILES string of the molecule is O=[N+]([S-])Cc1ccccc1. The highest BCUT2D eigenvalue weighted by molar-refractivity contribution is 7.51. The summed E-state index contributed by atoms with van der Waals surface area (Å²) >= 11 is 4.34. The predicted molar refractivity (Wildman–Crippen MR) is 41.1 cm³/mol. The van der Waals surface area contributed by atoms with Crippen LogP contribution in [0.5, 0.6) is 0 Å². The number of nitroso groups, excluding NO2 is 1. The lowest BCUT2D eigenvalue weighted by Crippen LogP contribution is -1.97. The first-order chi connectivity index (χ1) is 4.79. The van der Waals surface area contributed by atoms with Gasteiger partial charge in [0.25, 0.3) is 0 Å². The molecule has 52 valence electrons. The van der Waals surface area contributed by atoms with Crippen LogP contribution >= 0.6 is 0 Å². The van der Waals surface area contributed by atoms with Gasteiger partial charge in [-0.05, 0) is 0 Å². The molecule has 0 N–H and O–H groups in total. The van der Waals surface area contributed by atoms with Crippen LogP contribution in [0.4, 0.5) is 0 Å². The average Bonchev–Trinajstić information content (AvgIpc) is 1.88. The summed E-state index contributed by atoms with van der Waals surface area (Å²) in [7, 11) is 0. The highest BCUT2D eigenvalue weighted by Crippen LogP contribution is 1.98. The molecule has 0 fully saturated rings. The van der Waals surface area contributed by atoms with E-state index in [2.05, 4.69) is 12.8 Å². The molecule has 2 nitrogen and oxygen atoms in total. The predicted octanol–water partition coefficient (Wildman–Crippen LogP) is 1.43. The zero-order valence-electron chi connectivity index (χ0n) is 5.36. The van der Waals surface area contributed by atoms with Gasteiger partial charge in [0.1, 0.15) is 0 Å². The van der Waals surface area contributed by atoms with Gasteiger partial charge in [0.05, 0.1) is 0 Å². The molecule has 0 spiro atoms. The van der Waals surface area contributed by atoms with Crippen molar-refractivity contribution in [1.29, 1.82) is 0 Å². The van der Waals surface area contributed by atoms with Crippen LogP contribution < -0.4 is 0 Å². The maximum Gasteiger partial charge on any atom is 0.199 e. The molecule has 1 aromatic carbocycles. The Balaban J connectivity index is 2.67. The second-order valence-corrected chi connectivity index (χ2v) is 2.38. The fourth-order valence-electron chi connectivity index (χ4n) is 0.732. The van der Waals surface area contributed by atoms with Crippen molar-refractivity contribution in [3.63, 3.8) is 0 Å². The average molecular weight is 153 g/mol. The van der Waals surface area contributed by atoms with Crippen molar-refractivity contribution in [2.45, 2.75) is 6.54 Å². The third kappa shape index (κ3) is 2.11. The van der Waals surface area contributed by atoms with E-state index in [1.54, 1.807) is 0 Å². The Bertz CT molecular complexity index is 222. The minimum Gasteiger partial charge on any atom is -0.372 e. The minimum absolute atomic E-state index is 0.288. The molecule has 0 aliphatic heterocycles. The number of hydrogen-bond acceptors (Lipinski definition) is 2. The summed E-state index contributed by atoms with van der Waals surface area (Å²) < 4.78 is 0.495. The molecule has 10 heavy (non-hydrogen) atoms. The first kappa shape index (κ1) is 7.15. The fourth-order valence-corrected chi connectivity index (χ4v) is 0.882. The van der Waals surface area contributed by atoms with E-state index in [4.69, 9.17) is 0 Å². The van der Waals surface area contributed by atoms with Gasteiger partial charge < -0.3 is 12.8 Å². The van der Waals surface area contributed by atoms with Gasteiger partial charge in [-0.25, -0.2) is 0 Å². The molecular formula is C7H7NOS. The van der Waals surface area contributed by atoms with E-state index in [9.17, 15) is 4.91 Å². The van der Waals surface area contributed by atoms with E-state index in [0.717, 1.165) is 5.56 Å². The van der Waals surface area contributed by atoms with Crippen LogP contribution in [0.2, 0.25) is 0 Å². The van der Waals surface area contributed by atoms with Crippen LogP contribution in [0, 0.1) is 4.91 Å². The summed E-state index contributed by atoms with van der Waals surface area (Å²) in [6.07, 6.45) is 0. The topological polar surface area (TPSA) is 20.1 Å². The molecule has 0 saturated heterocycles. The van der Waals surface area contributed by atoms with E-state index in [-0.39, 0.29) is 6.54 Å². The normalized spacial score (nSPS) is 9.20. The van der Waals surface area contributed by atoms with E-state index < -0.39 is 0 Å². The van der Waals surface area contributed by atoms with Crippen LogP contribution in [0.15, 0.2) is 30.3 Å². The molecule has 0 amide bonds. The number of nitrogens with zero attached hydrogens (tertiary/aromatic N) is 1. The van der Waals surface area contributed by atoms with Crippen molar-refractivity contribution in [3.05, 3.63) is 40.8 Å². The smallest absolute Gasteiger partial charge is 0.199 e. The van der Waals surface area contributed by atoms with Crippen molar-refractivity contribution in [2.75, 3.05) is 0 Å². The Kier molecular flexibility index (Phi) is 2.34. The van der Waals surface area contributed by atoms with Crippen LogP contribution in [-0.4, -0.2) is 4.17 Å². The van der Waals surface area contributed by atoms with Crippen molar-refractivity contribution < 1.29 is 4.17 Å². The largest absolute Gasteiger partial charge is 0.372 e. The maximum atomic E-state index is 10.3. The third-order valence-electron chi connectivity index (χ3n) is 1.15. The summed E-state index contributed by atoms with van der Waals surface area (Å²) in [5.74, 6) is 0. The van der Waals surface area contributed by atoms with Gasteiger partial charge in [0.15, 0.2) is 6.54 Å².